The van der Waals surface area contributed by atoms with Crippen LogP contribution < -0.4 is 16.2 Å². The summed E-state index contributed by atoms with van der Waals surface area (Å²) in [7, 11) is 0. The van der Waals surface area contributed by atoms with Crippen molar-refractivity contribution in [1.82, 2.24) is 15.6 Å². The minimum Gasteiger partial charge on any atom is -0.443 e. The molecular formula is C26H26N4O7. The summed E-state index contributed by atoms with van der Waals surface area (Å²) < 4.78 is 5.14. The van der Waals surface area contributed by atoms with E-state index in [1.165, 1.54) is 6.07 Å². The molecule has 0 saturated carbocycles. The number of hydrogen-bond donors (Lipinski definition) is 3. The minimum atomic E-state index is -1.08. The number of ketones is 1. The zero-order valence-electron chi connectivity index (χ0n) is 20.5. The lowest BCUT2D eigenvalue weighted by Gasteiger charge is -2.27. The molecule has 192 valence electrons. The van der Waals surface area contributed by atoms with Gasteiger partial charge in [0.2, 0.25) is 11.8 Å². The Bertz CT molecular complexity index is 1310. The van der Waals surface area contributed by atoms with Gasteiger partial charge in [-0.05, 0) is 63.1 Å². The van der Waals surface area contributed by atoms with Crippen LogP contribution in [0.1, 0.15) is 70.3 Å². The highest BCUT2D eigenvalue weighted by Crippen LogP contribution is 2.30. The molecule has 1 saturated heterocycles. The lowest BCUT2D eigenvalue weighted by atomic mass is 9.96. The third-order valence-corrected chi connectivity index (χ3v) is 5.82. The van der Waals surface area contributed by atoms with Crippen molar-refractivity contribution in [3.63, 3.8) is 0 Å². The van der Waals surface area contributed by atoms with Gasteiger partial charge in [0.25, 0.3) is 11.8 Å². The summed E-state index contributed by atoms with van der Waals surface area (Å²) in [5.41, 5.74) is 5.89. The molecule has 2 aromatic carbocycles. The monoisotopic (exact) mass is 506 g/mol. The predicted molar refractivity (Wildman–Crippen MR) is 131 cm³/mol. The molecule has 11 nitrogen and oxygen atoms in total. The van der Waals surface area contributed by atoms with E-state index in [1.807, 2.05) is 0 Å². The van der Waals surface area contributed by atoms with E-state index >= 15 is 0 Å². The van der Waals surface area contributed by atoms with Crippen LogP contribution >= 0.6 is 0 Å². The van der Waals surface area contributed by atoms with Crippen LogP contribution in [0, 0.1) is 0 Å². The van der Waals surface area contributed by atoms with Gasteiger partial charge in [-0.1, -0.05) is 12.1 Å². The largest absolute Gasteiger partial charge is 0.443 e. The van der Waals surface area contributed by atoms with E-state index in [0.29, 0.717) is 16.8 Å². The molecule has 11 heteroatoms. The van der Waals surface area contributed by atoms with Crippen LogP contribution in [0.5, 0.6) is 0 Å². The SMILES string of the molecule is CC(C)(C)OC(=O)NNc1ccc(C(=O)Cc2cccc3c2C(=O)N(C2CCC(=O)NC2=O)C3=O)cc1. The third-order valence-electron chi connectivity index (χ3n) is 5.82. The van der Waals surface area contributed by atoms with E-state index in [-0.39, 0.29) is 36.2 Å². The average molecular weight is 507 g/mol. The Morgan fingerprint density at radius 3 is 2.38 bits per heavy atom. The second-order valence-corrected chi connectivity index (χ2v) is 9.72. The Balaban J connectivity index is 1.45. The highest BCUT2D eigenvalue weighted by Gasteiger charge is 2.45. The number of nitrogens with zero attached hydrogens (tertiary/aromatic N) is 1. The number of hydrazine groups is 1. The van der Waals surface area contributed by atoms with Gasteiger partial charge in [-0.2, -0.15) is 0 Å². The summed E-state index contributed by atoms with van der Waals surface area (Å²) in [6, 6.07) is 9.89. The van der Waals surface area contributed by atoms with Crippen molar-refractivity contribution in [3.8, 4) is 0 Å². The minimum absolute atomic E-state index is 0.0211. The first-order valence-electron chi connectivity index (χ1n) is 11.7. The zero-order valence-corrected chi connectivity index (χ0v) is 20.5. The number of imide groups is 2. The topological polar surface area (TPSA) is 151 Å². The number of carbonyl (C=O) groups excluding carboxylic acids is 6. The number of fused-ring (bicyclic) bond motifs is 1. The third kappa shape index (κ3) is 5.50. The van der Waals surface area contributed by atoms with Crippen molar-refractivity contribution in [2.45, 2.75) is 51.7 Å². The fraction of sp³-hybridized carbons (Fsp3) is 0.308. The quantitative estimate of drug-likeness (QED) is 0.307. The summed E-state index contributed by atoms with van der Waals surface area (Å²) in [6.07, 6.45) is -0.731. The van der Waals surface area contributed by atoms with Crippen LogP contribution in [0.3, 0.4) is 0 Å². The summed E-state index contributed by atoms with van der Waals surface area (Å²) in [4.78, 5) is 75.6. The van der Waals surface area contributed by atoms with Crippen LogP contribution in [-0.2, 0) is 20.7 Å². The first-order valence-corrected chi connectivity index (χ1v) is 11.7. The molecule has 1 fully saturated rings. The predicted octanol–water partition coefficient (Wildman–Crippen LogP) is 2.36. The Morgan fingerprint density at radius 1 is 1.03 bits per heavy atom. The maximum atomic E-state index is 13.2. The molecule has 0 radical (unpaired) electrons. The van der Waals surface area contributed by atoms with E-state index in [1.54, 1.807) is 57.2 Å². The van der Waals surface area contributed by atoms with Gasteiger partial charge in [0.15, 0.2) is 5.78 Å². The van der Waals surface area contributed by atoms with Gasteiger partial charge in [-0.3, -0.25) is 39.6 Å². The fourth-order valence-electron chi connectivity index (χ4n) is 4.17. The second kappa shape index (κ2) is 9.84. The summed E-state index contributed by atoms with van der Waals surface area (Å²) in [6.45, 7) is 5.22. The van der Waals surface area contributed by atoms with Crippen LogP contribution in [-0.4, -0.2) is 52.0 Å². The van der Waals surface area contributed by atoms with Gasteiger partial charge < -0.3 is 4.74 Å². The molecule has 0 spiro atoms. The normalized spacial score (nSPS) is 17.3. The number of anilines is 1. The van der Waals surface area contributed by atoms with E-state index in [0.717, 1.165) is 4.90 Å². The van der Waals surface area contributed by atoms with Crippen molar-refractivity contribution in [2.24, 2.45) is 0 Å². The highest BCUT2D eigenvalue weighted by molar-refractivity contribution is 6.24. The molecule has 0 bridgehead atoms. The Kier molecular flexibility index (Phi) is 6.80. The second-order valence-electron chi connectivity index (χ2n) is 9.72. The fourth-order valence-corrected chi connectivity index (χ4v) is 4.17. The Hall–Kier alpha value is -4.54. The van der Waals surface area contributed by atoms with Crippen LogP contribution in [0.2, 0.25) is 0 Å². The van der Waals surface area contributed by atoms with Gasteiger partial charge >= 0.3 is 6.09 Å². The molecule has 4 rings (SSSR count). The zero-order chi connectivity index (χ0) is 26.9. The van der Waals surface area contributed by atoms with Gasteiger partial charge in [0.1, 0.15) is 11.6 Å². The number of Topliss-reactive ketones (excluding diaryl/α,β-unsaturated/α-hetero) is 1. The van der Waals surface area contributed by atoms with Crippen LogP contribution in [0.15, 0.2) is 42.5 Å². The number of rotatable bonds is 6. The molecule has 0 aromatic heterocycles. The van der Waals surface area contributed by atoms with Gasteiger partial charge in [0.05, 0.1) is 16.8 Å². The maximum Gasteiger partial charge on any atom is 0.426 e. The lowest BCUT2D eigenvalue weighted by molar-refractivity contribution is -0.136. The molecule has 1 atom stereocenters. The number of hydrogen-bond acceptors (Lipinski definition) is 8. The molecule has 2 aliphatic heterocycles. The molecule has 5 amide bonds. The number of benzene rings is 2. The van der Waals surface area contributed by atoms with Crippen molar-refractivity contribution in [1.29, 1.82) is 0 Å². The van der Waals surface area contributed by atoms with Gasteiger partial charge in [-0.25, -0.2) is 10.2 Å². The summed E-state index contributed by atoms with van der Waals surface area (Å²) in [5.74, 6) is -2.73. The van der Waals surface area contributed by atoms with Gasteiger partial charge in [-0.15, -0.1) is 0 Å². The maximum absolute atomic E-state index is 13.2. The molecule has 2 aromatic rings. The molecular weight excluding hydrogens is 480 g/mol. The first kappa shape index (κ1) is 25.5. The number of piperidine rings is 1. The van der Waals surface area contributed by atoms with E-state index in [2.05, 4.69) is 16.2 Å². The van der Waals surface area contributed by atoms with E-state index in [9.17, 15) is 28.8 Å². The Labute approximate surface area is 212 Å². The molecule has 1 unspecified atom stereocenters. The van der Waals surface area contributed by atoms with Crippen molar-refractivity contribution in [2.75, 3.05) is 5.43 Å². The molecule has 0 aliphatic carbocycles. The summed E-state index contributed by atoms with van der Waals surface area (Å²) in [5, 5.41) is 2.16. The average Bonchev–Trinajstić information content (AvgIpc) is 3.08. The number of nitrogens with one attached hydrogen (secondary N) is 3. The molecule has 2 aliphatic rings. The number of ether oxygens (including phenoxy) is 1. The molecule has 3 N–H and O–H groups in total. The lowest BCUT2D eigenvalue weighted by Crippen LogP contribution is -2.54. The number of amides is 5. The van der Waals surface area contributed by atoms with E-state index in [4.69, 9.17) is 4.74 Å². The molecule has 37 heavy (non-hydrogen) atoms. The molecule has 2 heterocycles. The highest BCUT2D eigenvalue weighted by atomic mass is 16.6. The van der Waals surface area contributed by atoms with E-state index < -0.39 is 41.4 Å². The van der Waals surface area contributed by atoms with Gasteiger partial charge in [0, 0.05) is 18.4 Å². The van der Waals surface area contributed by atoms with Crippen molar-refractivity contribution < 1.29 is 33.5 Å². The van der Waals surface area contributed by atoms with Crippen LogP contribution in [0.4, 0.5) is 10.5 Å². The Morgan fingerprint density at radius 2 is 1.73 bits per heavy atom. The smallest absolute Gasteiger partial charge is 0.426 e. The number of carbonyl (C=O) groups is 6. The van der Waals surface area contributed by atoms with Crippen molar-refractivity contribution >= 4 is 41.2 Å². The first-order chi connectivity index (χ1) is 17.4. The van der Waals surface area contributed by atoms with Crippen molar-refractivity contribution in [3.05, 3.63) is 64.7 Å². The van der Waals surface area contributed by atoms with Crippen LogP contribution in [0.25, 0.3) is 0 Å². The standard InChI is InChI=1S/C26H26N4O7/c1-26(2,3)37-25(36)29-28-16-9-7-14(8-10-16)19(31)13-15-5-4-6-17-21(15)24(35)30(23(17)34)18-11-12-20(32)27-22(18)33/h4-10,18,28H,11-13H2,1-3H3,(H,29,36)(H,27,32,33). The summed E-state index contributed by atoms with van der Waals surface area (Å²) >= 11 is 0.